The summed E-state index contributed by atoms with van der Waals surface area (Å²) in [6.45, 7) is 4.61. The molecule has 3 aromatic carbocycles. The highest BCUT2D eigenvalue weighted by Gasteiger charge is 2.31. The molecule has 0 spiro atoms. The number of alkyl halides is 3. The first-order chi connectivity index (χ1) is 21.4. The molecular weight excluding hydrogens is 607 g/mol. The number of piperidine rings is 1. The van der Waals surface area contributed by atoms with Crippen LogP contribution in [0.1, 0.15) is 47.2 Å². The van der Waals surface area contributed by atoms with Crippen molar-refractivity contribution < 1.29 is 31.2 Å². The van der Waals surface area contributed by atoms with Crippen LogP contribution in [0.2, 0.25) is 0 Å². The maximum atomic E-state index is 13.8. The van der Waals surface area contributed by atoms with Crippen LogP contribution in [-0.4, -0.2) is 69.4 Å². The van der Waals surface area contributed by atoms with Crippen LogP contribution in [0.25, 0.3) is 0 Å². The van der Waals surface area contributed by atoms with E-state index in [1.807, 2.05) is 11.8 Å². The van der Waals surface area contributed by atoms with Crippen LogP contribution >= 0.6 is 0 Å². The molecule has 0 unspecified atom stereocenters. The Morgan fingerprint density at radius 2 is 1.47 bits per heavy atom. The van der Waals surface area contributed by atoms with E-state index < -0.39 is 27.8 Å². The third-order valence-corrected chi connectivity index (χ3v) is 9.42. The van der Waals surface area contributed by atoms with Gasteiger partial charge >= 0.3 is 12.2 Å². The number of likely N-dealkylation sites (tertiary alicyclic amines) is 1. The van der Waals surface area contributed by atoms with Gasteiger partial charge in [-0.2, -0.15) is 13.2 Å². The number of nitrogens with zero attached hydrogens (tertiary/aromatic N) is 3. The van der Waals surface area contributed by atoms with Gasteiger partial charge in [0.1, 0.15) is 0 Å². The van der Waals surface area contributed by atoms with E-state index in [0.717, 1.165) is 37.0 Å². The molecule has 2 aliphatic heterocycles. The molecule has 2 fully saturated rings. The molecule has 3 aromatic rings. The fourth-order valence-electron chi connectivity index (χ4n) is 5.58. The van der Waals surface area contributed by atoms with E-state index in [-0.39, 0.29) is 28.7 Å². The third-order valence-electron chi connectivity index (χ3n) is 8.02. The second-order valence-electron chi connectivity index (χ2n) is 11.3. The summed E-state index contributed by atoms with van der Waals surface area (Å²) in [7, 11) is -3.90. The predicted molar refractivity (Wildman–Crippen MR) is 167 cm³/mol. The van der Waals surface area contributed by atoms with Crippen molar-refractivity contribution in [2.45, 2.75) is 43.7 Å². The molecule has 0 aromatic heterocycles. The van der Waals surface area contributed by atoms with Crippen molar-refractivity contribution in [1.29, 1.82) is 0 Å². The lowest BCUT2D eigenvalue weighted by molar-refractivity contribution is -0.137. The Hall–Kier alpha value is -4.26. The van der Waals surface area contributed by atoms with E-state index in [1.54, 1.807) is 35.2 Å². The zero-order valence-corrected chi connectivity index (χ0v) is 25.8. The van der Waals surface area contributed by atoms with Gasteiger partial charge in [-0.25, -0.2) is 13.2 Å². The topological polar surface area (TPSA) is 102 Å². The van der Waals surface area contributed by atoms with Crippen LogP contribution in [0, 0.1) is 6.92 Å². The number of amides is 3. The van der Waals surface area contributed by atoms with E-state index in [4.69, 9.17) is 0 Å². The standard InChI is InChI=1S/C32H36F3N5O4S/c1-23-9-12-27(13-10-23)45(43,44)37-26-11-14-29(28(22-26)30(41)39-15-3-2-4-16-39)38-17-6-18-40(20-19-38)31(42)36-25-8-5-7-24(21-25)32(33,34)35/h5,7-14,21-22,37H,2-4,6,15-20H2,1H3,(H,36,42). The summed E-state index contributed by atoms with van der Waals surface area (Å²) >= 11 is 0. The number of anilines is 3. The zero-order chi connectivity index (χ0) is 32.2. The van der Waals surface area contributed by atoms with Gasteiger partial charge in [0, 0.05) is 56.3 Å². The van der Waals surface area contributed by atoms with E-state index in [2.05, 4.69) is 10.0 Å². The Morgan fingerprint density at radius 1 is 0.756 bits per heavy atom. The van der Waals surface area contributed by atoms with Gasteiger partial charge in [-0.1, -0.05) is 23.8 Å². The number of halogens is 3. The summed E-state index contributed by atoms with van der Waals surface area (Å²) in [5.74, 6) is -0.190. The lowest BCUT2D eigenvalue weighted by Crippen LogP contribution is -2.39. The first kappa shape index (κ1) is 32.1. The van der Waals surface area contributed by atoms with E-state index >= 15 is 0 Å². The van der Waals surface area contributed by atoms with Crippen LogP contribution in [0.4, 0.5) is 35.0 Å². The fraction of sp³-hybridized carbons (Fsp3) is 0.375. The van der Waals surface area contributed by atoms with Crippen molar-refractivity contribution in [2.24, 2.45) is 0 Å². The second-order valence-corrected chi connectivity index (χ2v) is 13.0. The predicted octanol–water partition coefficient (Wildman–Crippen LogP) is 6.18. The van der Waals surface area contributed by atoms with E-state index in [0.29, 0.717) is 50.4 Å². The van der Waals surface area contributed by atoms with Gasteiger partial charge in [-0.3, -0.25) is 9.52 Å². The molecule has 3 amide bonds. The Kier molecular flexibility index (Phi) is 9.56. The Bertz CT molecular complexity index is 1640. The number of aryl methyl sites for hydroxylation is 1. The van der Waals surface area contributed by atoms with Crippen molar-refractivity contribution in [1.82, 2.24) is 9.80 Å². The highest BCUT2D eigenvalue weighted by molar-refractivity contribution is 7.92. The summed E-state index contributed by atoms with van der Waals surface area (Å²) in [6, 6.07) is 15.4. The molecule has 5 rings (SSSR count). The summed E-state index contributed by atoms with van der Waals surface area (Å²) in [5, 5.41) is 2.57. The normalized spacial score (nSPS) is 16.2. The summed E-state index contributed by atoms with van der Waals surface area (Å²) in [6.07, 6.45) is -1.16. The minimum absolute atomic E-state index is 0.0500. The Labute approximate surface area is 261 Å². The van der Waals surface area contributed by atoms with Crippen LogP contribution in [-0.2, 0) is 16.2 Å². The molecule has 0 radical (unpaired) electrons. The number of hydrogen-bond donors (Lipinski definition) is 2. The van der Waals surface area contributed by atoms with E-state index in [1.165, 1.54) is 29.2 Å². The van der Waals surface area contributed by atoms with Gasteiger partial charge in [0.2, 0.25) is 0 Å². The van der Waals surface area contributed by atoms with Crippen LogP contribution < -0.4 is 14.9 Å². The van der Waals surface area contributed by atoms with Crippen molar-refractivity contribution in [3.05, 3.63) is 83.4 Å². The molecule has 0 saturated carbocycles. The lowest BCUT2D eigenvalue weighted by atomic mass is 10.1. The van der Waals surface area contributed by atoms with Gasteiger partial charge in [0.15, 0.2) is 0 Å². The highest BCUT2D eigenvalue weighted by atomic mass is 32.2. The molecule has 2 heterocycles. The van der Waals surface area contributed by atoms with Gasteiger partial charge < -0.3 is 20.0 Å². The molecule has 0 aliphatic carbocycles. The molecule has 240 valence electrons. The highest BCUT2D eigenvalue weighted by Crippen LogP contribution is 2.32. The fourth-order valence-corrected chi connectivity index (χ4v) is 6.63. The van der Waals surface area contributed by atoms with Crippen LogP contribution in [0.3, 0.4) is 0 Å². The van der Waals surface area contributed by atoms with Crippen molar-refractivity contribution in [2.75, 3.05) is 54.2 Å². The van der Waals surface area contributed by atoms with Crippen molar-refractivity contribution >= 4 is 39.0 Å². The van der Waals surface area contributed by atoms with Crippen molar-refractivity contribution in [3.63, 3.8) is 0 Å². The maximum Gasteiger partial charge on any atom is 0.416 e. The van der Waals surface area contributed by atoms with Crippen molar-refractivity contribution in [3.8, 4) is 0 Å². The van der Waals surface area contributed by atoms with Gasteiger partial charge in [0.05, 0.1) is 16.0 Å². The molecule has 0 atom stereocenters. The number of nitrogens with one attached hydrogen (secondary N) is 2. The molecule has 9 nitrogen and oxygen atoms in total. The Balaban J connectivity index is 1.35. The third kappa shape index (κ3) is 7.88. The molecule has 45 heavy (non-hydrogen) atoms. The molecule has 2 aliphatic rings. The van der Waals surface area contributed by atoms with E-state index in [9.17, 15) is 31.2 Å². The molecule has 2 N–H and O–H groups in total. The molecular formula is C32H36F3N5O4S. The quantitative estimate of drug-likeness (QED) is 0.334. The number of urea groups is 1. The summed E-state index contributed by atoms with van der Waals surface area (Å²) < 4.78 is 68.2. The number of carbonyl (C=O) groups excluding carboxylic acids is 2. The molecule has 13 heteroatoms. The number of benzene rings is 3. The van der Waals surface area contributed by atoms with Gasteiger partial charge in [-0.05, 0) is 81.1 Å². The molecule has 2 saturated heterocycles. The average molecular weight is 644 g/mol. The molecule has 0 bridgehead atoms. The largest absolute Gasteiger partial charge is 0.416 e. The van der Waals surface area contributed by atoms with Gasteiger partial charge in [-0.15, -0.1) is 0 Å². The number of carbonyl (C=O) groups is 2. The second kappa shape index (κ2) is 13.4. The summed E-state index contributed by atoms with van der Waals surface area (Å²) in [4.78, 5) is 32.2. The smallest absolute Gasteiger partial charge is 0.369 e. The Morgan fingerprint density at radius 3 is 2.18 bits per heavy atom. The first-order valence-corrected chi connectivity index (χ1v) is 16.4. The SMILES string of the molecule is Cc1ccc(S(=O)(=O)Nc2ccc(N3CCCN(C(=O)Nc4cccc(C(F)(F)F)c4)CC3)c(C(=O)N3CCCCC3)c2)cc1. The lowest BCUT2D eigenvalue weighted by Gasteiger charge is -2.30. The van der Waals surface area contributed by atoms with Crippen LogP contribution in [0.5, 0.6) is 0 Å². The first-order valence-electron chi connectivity index (χ1n) is 14.9. The minimum atomic E-state index is -4.52. The minimum Gasteiger partial charge on any atom is -0.369 e. The monoisotopic (exact) mass is 643 g/mol. The maximum absolute atomic E-state index is 13.8. The van der Waals surface area contributed by atoms with Crippen LogP contribution in [0.15, 0.2) is 71.6 Å². The summed E-state index contributed by atoms with van der Waals surface area (Å²) in [5.41, 5.74) is 1.38. The van der Waals surface area contributed by atoms with Gasteiger partial charge in [0.25, 0.3) is 15.9 Å². The zero-order valence-electron chi connectivity index (χ0n) is 24.9. The number of hydrogen-bond acceptors (Lipinski definition) is 5. The average Bonchev–Trinajstić information content (AvgIpc) is 3.27. The number of rotatable bonds is 6. The number of sulfonamides is 1.